The zero-order valence-electron chi connectivity index (χ0n) is 12.1. The van der Waals surface area contributed by atoms with E-state index in [2.05, 4.69) is 10.1 Å². The molecule has 0 saturated carbocycles. The van der Waals surface area contributed by atoms with Crippen LogP contribution < -0.4 is 5.56 Å². The highest BCUT2D eigenvalue weighted by Gasteiger charge is 2.12. The lowest BCUT2D eigenvalue weighted by Crippen LogP contribution is -2.22. The third kappa shape index (κ3) is 2.25. The molecule has 0 unspecified atom stereocenters. The average molecular weight is 283 g/mol. The van der Waals surface area contributed by atoms with Crippen molar-refractivity contribution in [1.29, 1.82) is 0 Å². The van der Waals surface area contributed by atoms with Crippen LogP contribution in [0.4, 0.5) is 0 Å². The largest absolute Gasteiger partial charge is 0.396 e. The fourth-order valence-corrected chi connectivity index (χ4v) is 2.58. The van der Waals surface area contributed by atoms with Crippen LogP contribution in [0.1, 0.15) is 16.8 Å². The van der Waals surface area contributed by atoms with Gasteiger partial charge in [0.25, 0.3) is 5.56 Å². The molecule has 0 aliphatic heterocycles. The Morgan fingerprint density at radius 3 is 2.76 bits per heavy atom. The van der Waals surface area contributed by atoms with Crippen molar-refractivity contribution >= 4 is 5.65 Å². The van der Waals surface area contributed by atoms with E-state index in [4.69, 9.17) is 5.11 Å². The van der Waals surface area contributed by atoms with Gasteiger partial charge in [0.15, 0.2) is 5.65 Å². The highest BCUT2D eigenvalue weighted by molar-refractivity contribution is 5.67. The summed E-state index contributed by atoms with van der Waals surface area (Å²) in [5.74, 6) is 0. The Hall–Kier alpha value is -2.40. The smallest absolute Gasteiger partial charge is 0.276 e. The molecule has 21 heavy (non-hydrogen) atoms. The van der Waals surface area contributed by atoms with E-state index in [1.54, 1.807) is 6.92 Å². The predicted octanol–water partition coefficient (Wildman–Crippen LogP) is 1.84. The lowest BCUT2D eigenvalue weighted by Gasteiger charge is -2.03. The number of nitrogens with zero attached hydrogens (tertiary/aromatic N) is 2. The molecule has 0 radical (unpaired) electrons. The maximum Gasteiger partial charge on any atom is 0.276 e. The van der Waals surface area contributed by atoms with E-state index >= 15 is 0 Å². The van der Waals surface area contributed by atoms with Gasteiger partial charge in [-0.3, -0.25) is 9.89 Å². The van der Waals surface area contributed by atoms with Gasteiger partial charge < -0.3 is 5.11 Å². The van der Waals surface area contributed by atoms with Gasteiger partial charge in [0, 0.05) is 35.9 Å². The minimum Gasteiger partial charge on any atom is -0.396 e. The summed E-state index contributed by atoms with van der Waals surface area (Å²) in [6.07, 6.45) is 0.319. The topological polar surface area (TPSA) is 70.4 Å². The third-order valence-electron chi connectivity index (χ3n) is 3.71. The number of hydrogen-bond acceptors (Lipinski definition) is 3. The summed E-state index contributed by atoms with van der Waals surface area (Å²) in [7, 11) is 0. The zero-order valence-corrected chi connectivity index (χ0v) is 12.1. The van der Waals surface area contributed by atoms with Gasteiger partial charge in [-0.15, -0.1) is 0 Å². The van der Waals surface area contributed by atoms with Gasteiger partial charge in [-0.25, -0.2) is 9.50 Å². The standard InChI is InChI=1S/C16H17N3O2/c1-10-5-3-4-6-12(10)14-9-15-17-11(2)13(7-8-20)16(21)19(15)18-14/h3-6,9,18,20H,7-8H2,1-2H3. The Kier molecular flexibility index (Phi) is 3.35. The minimum absolute atomic E-state index is 0.0603. The molecule has 108 valence electrons. The summed E-state index contributed by atoms with van der Waals surface area (Å²) in [5.41, 5.74) is 4.70. The monoisotopic (exact) mass is 283 g/mol. The first kappa shape index (κ1) is 13.6. The molecule has 0 spiro atoms. The van der Waals surface area contributed by atoms with Crippen molar-refractivity contribution in [3.8, 4) is 11.3 Å². The number of aliphatic hydroxyl groups excluding tert-OH is 1. The second-order valence-electron chi connectivity index (χ2n) is 5.13. The van der Waals surface area contributed by atoms with Crippen molar-refractivity contribution < 1.29 is 5.11 Å². The number of rotatable bonds is 3. The van der Waals surface area contributed by atoms with Crippen molar-refractivity contribution in [2.24, 2.45) is 0 Å². The Bertz CT molecular complexity index is 862. The Labute approximate surface area is 121 Å². The average Bonchev–Trinajstić information content (AvgIpc) is 2.88. The lowest BCUT2D eigenvalue weighted by atomic mass is 10.1. The van der Waals surface area contributed by atoms with Gasteiger partial charge in [-0.1, -0.05) is 24.3 Å². The van der Waals surface area contributed by atoms with Crippen molar-refractivity contribution in [3.05, 3.63) is 57.5 Å². The summed E-state index contributed by atoms with van der Waals surface area (Å²) in [4.78, 5) is 16.9. The molecule has 5 nitrogen and oxygen atoms in total. The van der Waals surface area contributed by atoms with E-state index in [0.29, 0.717) is 23.3 Å². The van der Waals surface area contributed by atoms with Gasteiger partial charge in [0.2, 0.25) is 0 Å². The molecule has 0 amide bonds. The van der Waals surface area contributed by atoms with Gasteiger partial charge >= 0.3 is 0 Å². The van der Waals surface area contributed by atoms with Crippen LogP contribution in [0, 0.1) is 13.8 Å². The number of H-pyrrole nitrogens is 1. The van der Waals surface area contributed by atoms with Crippen molar-refractivity contribution in [3.63, 3.8) is 0 Å². The molecule has 0 aliphatic carbocycles. The van der Waals surface area contributed by atoms with Crippen LogP contribution in [-0.4, -0.2) is 26.3 Å². The number of aliphatic hydroxyl groups is 1. The van der Waals surface area contributed by atoms with E-state index in [-0.39, 0.29) is 12.2 Å². The number of aryl methyl sites for hydroxylation is 2. The lowest BCUT2D eigenvalue weighted by molar-refractivity contribution is 0.298. The molecule has 0 saturated heterocycles. The molecular formula is C16H17N3O2. The van der Waals surface area contributed by atoms with E-state index in [9.17, 15) is 4.79 Å². The van der Waals surface area contributed by atoms with E-state index in [0.717, 1.165) is 16.8 Å². The molecule has 0 bridgehead atoms. The van der Waals surface area contributed by atoms with E-state index in [1.165, 1.54) is 4.52 Å². The fraction of sp³-hybridized carbons (Fsp3) is 0.250. The van der Waals surface area contributed by atoms with Crippen molar-refractivity contribution in [2.75, 3.05) is 6.61 Å². The maximum absolute atomic E-state index is 12.4. The number of benzene rings is 1. The van der Waals surface area contributed by atoms with Crippen LogP contribution >= 0.6 is 0 Å². The zero-order chi connectivity index (χ0) is 15.0. The summed E-state index contributed by atoms with van der Waals surface area (Å²) in [5, 5.41) is 12.2. The predicted molar refractivity (Wildman–Crippen MR) is 81.5 cm³/mol. The van der Waals surface area contributed by atoms with Crippen molar-refractivity contribution in [2.45, 2.75) is 20.3 Å². The molecule has 2 aromatic heterocycles. The molecule has 1 aromatic carbocycles. The second kappa shape index (κ2) is 5.18. The third-order valence-corrected chi connectivity index (χ3v) is 3.71. The molecule has 5 heteroatoms. The van der Waals surface area contributed by atoms with Crippen LogP contribution in [-0.2, 0) is 6.42 Å². The molecule has 2 heterocycles. The summed E-state index contributed by atoms with van der Waals surface area (Å²) >= 11 is 0. The number of nitrogens with one attached hydrogen (secondary N) is 1. The van der Waals surface area contributed by atoms with Gasteiger partial charge in [-0.2, -0.15) is 0 Å². The molecule has 2 N–H and O–H groups in total. The molecule has 3 rings (SSSR count). The minimum atomic E-state index is -0.147. The summed E-state index contributed by atoms with van der Waals surface area (Å²) < 4.78 is 1.44. The normalized spacial score (nSPS) is 11.2. The Morgan fingerprint density at radius 1 is 1.29 bits per heavy atom. The van der Waals surface area contributed by atoms with Crippen LogP contribution in [0.25, 0.3) is 16.9 Å². The maximum atomic E-state index is 12.4. The van der Waals surface area contributed by atoms with E-state index in [1.807, 2.05) is 37.3 Å². The summed E-state index contributed by atoms with van der Waals surface area (Å²) in [6.45, 7) is 3.77. The fourth-order valence-electron chi connectivity index (χ4n) is 2.58. The number of fused-ring (bicyclic) bond motifs is 1. The highest BCUT2D eigenvalue weighted by atomic mass is 16.3. The first-order valence-electron chi connectivity index (χ1n) is 6.90. The number of aromatic nitrogens is 3. The van der Waals surface area contributed by atoms with E-state index < -0.39 is 0 Å². The quantitative estimate of drug-likeness (QED) is 0.770. The molecule has 3 aromatic rings. The SMILES string of the molecule is Cc1ccccc1-c1cc2nc(C)c(CCO)c(=O)n2[nH]1. The van der Waals surface area contributed by atoms with Crippen LogP contribution in [0.15, 0.2) is 35.1 Å². The van der Waals surface area contributed by atoms with Gasteiger partial charge in [-0.05, 0) is 19.4 Å². The first-order valence-corrected chi connectivity index (χ1v) is 6.90. The van der Waals surface area contributed by atoms with Crippen LogP contribution in [0.2, 0.25) is 0 Å². The number of hydrogen-bond donors (Lipinski definition) is 2. The van der Waals surface area contributed by atoms with Gasteiger partial charge in [0.1, 0.15) is 0 Å². The van der Waals surface area contributed by atoms with Crippen LogP contribution in [0.5, 0.6) is 0 Å². The molecule has 0 aliphatic rings. The Balaban J connectivity index is 2.24. The molecule has 0 fully saturated rings. The van der Waals surface area contributed by atoms with Crippen LogP contribution in [0.3, 0.4) is 0 Å². The first-order chi connectivity index (χ1) is 10.1. The van der Waals surface area contributed by atoms with Crippen molar-refractivity contribution in [1.82, 2.24) is 14.6 Å². The summed E-state index contributed by atoms with van der Waals surface area (Å²) in [6, 6.07) is 9.85. The van der Waals surface area contributed by atoms with Gasteiger partial charge in [0.05, 0.1) is 5.69 Å². The second-order valence-corrected chi connectivity index (χ2v) is 5.13. The molecular weight excluding hydrogens is 266 g/mol. The number of aromatic amines is 1. The highest BCUT2D eigenvalue weighted by Crippen LogP contribution is 2.22. The Morgan fingerprint density at radius 2 is 2.05 bits per heavy atom. The molecule has 0 atom stereocenters.